The molecule has 16 aromatic carbocycles. The summed E-state index contributed by atoms with van der Waals surface area (Å²) in [5, 5.41) is 24.9. The summed E-state index contributed by atoms with van der Waals surface area (Å²) >= 11 is 0. The number of fused-ring (bicyclic) bond motifs is 21. The standard InChI is InChI=1S/C93H54N6/c1-4-16-58-49-88-82(46-55(58)13-1)79-19-7-10-22-85(79)97(88)73-31-34-76-61(43-73)25-28-64-37-70(52-94-91(64)76)67-40-68(71-38-65-29-26-62-44-74(32-35-77(62)92(65)95-53-71)98-86-23-11-8-20-80(86)83-47-56-14-2-5-17-59(56)50-89(83)98)42-69(41-67)72-39-66-30-27-63-45-75(33-36-78(63)93(66)96-54-72)99-87-24-12-9-21-81(87)84-48-57-15-3-6-18-60(57)51-90(84)99/h1-54H. The van der Waals surface area contributed by atoms with E-state index in [1.165, 1.54) is 97.7 Å². The first-order valence-electron chi connectivity index (χ1n) is 33.9. The Balaban J connectivity index is 0.663. The zero-order valence-electron chi connectivity index (χ0n) is 53.4. The predicted molar refractivity (Wildman–Crippen MR) is 417 cm³/mol. The van der Waals surface area contributed by atoms with Gasteiger partial charge >= 0.3 is 0 Å². The first-order valence-corrected chi connectivity index (χ1v) is 33.9. The fraction of sp³-hybridized carbons (Fsp3) is 0. The van der Waals surface area contributed by atoms with Crippen LogP contribution in [0, 0.1) is 0 Å². The number of hydrogen-bond acceptors (Lipinski definition) is 3. The lowest BCUT2D eigenvalue weighted by atomic mass is 9.93. The Kier molecular flexibility index (Phi) is 11.2. The van der Waals surface area contributed by atoms with Crippen molar-refractivity contribution in [3.63, 3.8) is 0 Å². The van der Waals surface area contributed by atoms with Crippen molar-refractivity contribution >= 4 is 163 Å². The maximum Gasteiger partial charge on any atom is 0.0780 e. The first-order chi connectivity index (χ1) is 49.0. The molecule has 0 atom stereocenters. The molecule has 6 nitrogen and oxygen atoms in total. The van der Waals surface area contributed by atoms with Gasteiger partial charge in [0, 0.05) is 117 Å². The van der Waals surface area contributed by atoms with Crippen molar-refractivity contribution in [1.29, 1.82) is 0 Å². The van der Waals surface area contributed by atoms with Crippen molar-refractivity contribution in [3.05, 3.63) is 328 Å². The van der Waals surface area contributed by atoms with Crippen LogP contribution in [0.15, 0.2) is 328 Å². The summed E-state index contributed by atoms with van der Waals surface area (Å²) in [7, 11) is 0. The van der Waals surface area contributed by atoms with Crippen LogP contribution in [0.3, 0.4) is 0 Å². The number of rotatable bonds is 6. The largest absolute Gasteiger partial charge is 0.309 e. The molecule has 0 unspecified atom stereocenters. The zero-order chi connectivity index (χ0) is 64.6. The van der Waals surface area contributed by atoms with Crippen molar-refractivity contribution in [3.8, 4) is 50.4 Å². The summed E-state index contributed by atoms with van der Waals surface area (Å²) in [6.45, 7) is 0. The highest BCUT2D eigenvalue weighted by Crippen LogP contribution is 2.43. The van der Waals surface area contributed by atoms with Gasteiger partial charge in [0.15, 0.2) is 0 Å². The van der Waals surface area contributed by atoms with E-state index in [1.807, 2.05) is 0 Å². The summed E-state index contributed by atoms with van der Waals surface area (Å²) < 4.78 is 7.24. The molecule has 6 heteroatoms. The molecule has 0 bridgehead atoms. The second-order valence-electron chi connectivity index (χ2n) is 26.8. The summed E-state index contributed by atoms with van der Waals surface area (Å²) in [5.74, 6) is 0. The van der Waals surface area contributed by atoms with E-state index in [1.54, 1.807) is 0 Å². The average molecular weight is 1260 g/mol. The molecular formula is C93H54N6. The van der Waals surface area contributed by atoms with Crippen LogP contribution in [0.25, 0.3) is 213 Å². The number of pyridine rings is 3. The Labute approximate surface area is 566 Å². The molecule has 0 saturated carbocycles. The zero-order valence-corrected chi connectivity index (χ0v) is 53.4. The van der Waals surface area contributed by atoms with E-state index in [2.05, 4.69) is 342 Å². The maximum absolute atomic E-state index is 5.35. The minimum absolute atomic E-state index is 0.968. The molecule has 0 amide bonds. The van der Waals surface area contributed by atoms with Gasteiger partial charge in [0.05, 0.1) is 49.7 Å². The fourth-order valence-corrected chi connectivity index (χ4v) is 16.6. The van der Waals surface area contributed by atoms with E-state index >= 15 is 0 Å². The van der Waals surface area contributed by atoms with Crippen LogP contribution >= 0.6 is 0 Å². The van der Waals surface area contributed by atoms with Crippen LogP contribution in [-0.2, 0) is 0 Å². The van der Waals surface area contributed by atoms with Crippen molar-refractivity contribution < 1.29 is 0 Å². The first kappa shape index (κ1) is 54.0. The van der Waals surface area contributed by atoms with E-state index < -0.39 is 0 Å². The highest BCUT2D eigenvalue weighted by Gasteiger charge is 2.20. The van der Waals surface area contributed by atoms with Gasteiger partial charge < -0.3 is 13.7 Å². The van der Waals surface area contributed by atoms with E-state index in [-0.39, 0.29) is 0 Å². The van der Waals surface area contributed by atoms with Crippen LogP contribution in [0.5, 0.6) is 0 Å². The Bertz CT molecular complexity index is 6610. The molecule has 0 radical (unpaired) electrons. The third kappa shape index (κ3) is 8.21. The predicted octanol–water partition coefficient (Wildman–Crippen LogP) is 24.5. The van der Waals surface area contributed by atoms with Gasteiger partial charge in [0.2, 0.25) is 0 Å². The Morgan fingerprint density at radius 2 is 0.434 bits per heavy atom. The molecule has 0 N–H and O–H groups in total. The van der Waals surface area contributed by atoms with Gasteiger partial charge in [0.25, 0.3) is 0 Å². The maximum atomic E-state index is 5.35. The van der Waals surface area contributed by atoms with E-state index in [0.29, 0.717) is 0 Å². The number of para-hydroxylation sites is 3. The van der Waals surface area contributed by atoms with Crippen LogP contribution in [0.2, 0.25) is 0 Å². The van der Waals surface area contributed by atoms with E-state index in [4.69, 9.17) is 15.0 Å². The lowest BCUT2D eigenvalue weighted by Crippen LogP contribution is -1.95. The third-order valence-corrected chi connectivity index (χ3v) is 21.3. The molecule has 0 fully saturated rings. The van der Waals surface area contributed by atoms with Crippen LogP contribution < -0.4 is 0 Å². The molecule has 0 saturated heterocycles. The molecule has 0 aliphatic rings. The second kappa shape index (κ2) is 20.6. The lowest BCUT2D eigenvalue weighted by Gasteiger charge is -2.14. The normalized spacial score (nSPS) is 12.2. The van der Waals surface area contributed by atoms with Crippen molar-refractivity contribution in [2.24, 2.45) is 0 Å². The quantitative estimate of drug-likeness (QED) is 0.156. The number of hydrogen-bond donors (Lipinski definition) is 0. The minimum Gasteiger partial charge on any atom is -0.309 e. The highest BCUT2D eigenvalue weighted by atomic mass is 15.0. The van der Waals surface area contributed by atoms with Crippen LogP contribution in [-0.4, -0.2) is 28.7 Å². The molecule has 22 aromatic rings. The summed E-state index contributed by atoms with van der Waals surface area (Å²) in [6, 6.07) is 114. The van der Waals surface area contributed by atoms with Gasteiger partial charge in [-0.25, -0.2) is 0 Å². The van der Waals surface area contributed by atoms with Crippen molar-refractivity contribution in [2.45, 2.75) is 0 Å². The molecule has 0 spiro atoms. The van der Waals surface area contributed by atoms with Gasteiger partial charge in [-0.15, -0.1) is 0 Å². The summed E-state index contributed by atoms with van der Waals surface area (Å²) in [4.78, 5) is 16.1. The van der Waals surface area contributed by atoms with Gasteiger partial charge in [0.1, 0.15) is 0 Å². The Morgan fingerprint density at radius 1 is 0.162 bits per heavy atom. The topological polar surface area (TPSA) is 53.5 Å². The molecule has 0 aliphatic carbocycles. The Morgan fingerprint density at radius 3 is 0.747 bits per heavy atom. The van der Waals surface area contributed by atoms with Gasteiger partial charge in [-0.2, -0.15) is 0 Å². The van der Waals surface area contributed by atoms with Gasteiger partial charge in [-0.05, 0) is 193 Å². The second-order valence-corrected chi connectivity index (χ2v) is 26.8. The van der Waals surface area contributed by atoms with Crippen molar-refractivity contribution in [2.75, 3.05) is 0 Å². The average Bonchev–Trinajstić information content (AvgIpc) is 1.61. The Hall–Kier alpha value is -13.3. The van der Waals surface area contributed by atoms with Gasteiger partial charge in [-0.3, -0.25) is 15.0 Å². The molecular weight excluding hydrogens is 1200 g/mol. The highest BCUT2D eigenvalue weighted by molar-refractivity contribution is 6.18. The molecule has 99 heavy (non-hydrogen) atoms. The number of nitrogens with zero attached hydrogens (tertiary/aromatic N) is 6. The molecule has 6 heterocycles. The monoisotopic (exact) mass is 1250 g/mol. The smallest absolute Gasteiger partial charge is 0.0780 e. The van der Waals surface area contributed by atoms with E-state index in [0.717, 1.165) is 115 Å². The van der Waals surface area contributed by atoms with Crippen LogP contribution in [0.1, 0.15) is 0 Å². The van der Waals surface area contributed by atoms with Crippen LogP contribution in [0.4, 0.5) is 0 Å². The molecule has 456 valence electrons. The fourth-order valence-electron chi connectivity index (χ4n) is 16.6. The molecule has 6 aromatic heterocycles. The van der Waals surface area contributed by atoms with Gasteiger partial charge in [-0.1, -0.05) is 182 Å². The minimum atomic E-state index is 0.968. The third-order valence-electron chi connectivity index (χ3n) is 21.3. The SMILES string of the molecule is c1ccc2cc3c(cc2c1)c1ccccc1n3-c1ccc2c(ccc3cc(-c4cc(-c5cnc6c(ccc7cc(-n8c9ccccc9c9cc%10ccccc%10cc98)ccc76)c5)cc(-c5cnc6c(ccc7cc(-n8c9ccccc9c9cc%10ccccc%10cc98)ccc76)c5)c4)cnc32)c1. The van der Waals surface area contributed by atoms with E-state index in [9.17, 15) is 0 Å². The summed E-state index contributed by atoms with van der Waals surface area (Å²) in [5.41, 5.74) is 19.7. The lowest BCUT2D eigenvalue weighted by molar-refractivity contribution is 1.19. The van der Waals surface area contributed by atoms with Crippen molar-refractivity contribution in [1.82, 2.24) is 28.7 Å². The number of benzene rings is 16. The molecule has 0 aliphatic heterocycles. The molecule has 22 rings (SSSR count). The summed E-state index contributed by atoms with van der Waals surface area (Å²) in [6.07, 6.45) is 6.16. The number of aromatic nitrogens is 6.